The molecule has 0 unspecified atom stereocenters. The van der Waals surface area contributed by atoms with Gasteiger partial charge >= 0.3 is 0 Å². The number of aliphatic hydroxyl groups excluding tert-OH is 1. The highest BCUT2D eigenvalue weighted by atomic mass is 35.5. The molecule has 0 bridgehead atoms. The Balaban J connectivity index is 1.95. The molecule has 108 valence electrons. The van der Waals surface area contributed by atoms with Crippen LogP contribution in [-0.4, -0.2) is 31.3 Å². The minimum Gasteiger partial charge on any atom is -0.496 e. The van der Waals surface area contributed by atoms with Gasteiger partial charge in [-0.1, -0.05) is 11.6 Å². The van der Waals surface area contributed by atoms with Gasteiger partial charge in [-0.15, -0.1) is 0 Å². The van der Waals surface area contributed by atoms with E-state index in [-0.39, 0.29) is 17.9 Å². The Morgan fingerprint density at radius 1 is 1.55 bits per heavy atom. The summed E-state index contributed by atoms with van der Waals surface area (Å²) >= 11 is 5.92. The quantitative estimate of drug-likeness (QED) is 0.792. The van der Waals surface area contributed by atoms with Gasteiger partial charge in [0.1, 0.15) is 5.75 Å². The highest BCUT2D eigenvalue weighted by Crippen LogP contribution is 2.44. The van der Waals surface area contributed by atoms with E-state index >= 15 is 0 Å². The van der Waals surface area contributed by atoms with Crippen molar-refractivity contribution in [2.75, 3.05) is 20.3 Å². The Bertz CT molecular complexity index is 524. The van der Waals surface area contributed by atoms with Gasteiger partial charge in [0.15, 0.2) is 0 Å². The van der Waals surface area contributed by atoms with Crippen molar-refractivity contribution in [2.24, 2.45) is 5.41 Å². The number of aliphatic hydroxyl groups is 1. The molecular formula is C15H18ClNO3. The number of benzene rings is 1. The molecule has 20 heavy (non-hydrogen) atoms. The maximum atomic E-state index is 11.7. The van der Waals surface area contributed by atoms with E-state index in [2.05, 4.69) is 5.32 Å². The van der Waals surface area contributed by atoms with Crippen LogP contribution in [0, 0.1) is 5.41 Å². The van der Waals surface area contributed by atoms with Crippen LogP contribution in [0.1, 0.15) is 18.4 Å². The molecule has 0 aromatic heterocycles. The molecule has 5 heteroatoms. The molecule has 0 atom stereocenters. The number of amides is 1. The normalized spacial score (nSPS) is 16.1. The van der Waals surface area contributed by atoms with Crippen LogP contribution in [-0.2, 0) is 4.79 Å². The van der Waals surface area contributed by atoms with Crippen LogP contribution in [0.4, 0.5) is 0 Å². The van der Waals surface area contributed by atoms with E-state index in [1.165, 1.54) is 6.08 Å². The van der Waals surface area contributed by atoms with Crippen LogP contribution in [0.25, 0.3) is 6.08 Å². The van der Waals surface area contributed by atoms with Crippen molar-refractivity contribution >= 4 is 23.6 Å². The minimum absolute atomic E-state index is 0.0861. The Morgan fingerprint density at radius 3 is 2.90 bits per heavy atom. The second kappa shape index (κ2) is 6.29. The number of hydrogen-bond acceptors (Lipinski definition) is 3. The van der Waals surface area contributed by atoms with Gasteiger partial charge in [0, 0.05) is 28.6 Å². The summed E-state index contributed by atoms with van der Waals surface area (Å²) in [6.45, 7) is 0.637. The van der Waals surface area contributed by atoms with E-state index in [1.807, 2.05) is 0 Å². The fourth-order valence-electron chi connectivity index (χ4n) is 1.90. The average molecular weight is 296 g/mol. The number of carbonyl (C=O) groups is 1. The Hall–Kier alpha value is -1.52. The average Bonchev–Trinajstić information content (AvgIpc) is 3.24. The van der Waals surface area contributed by atoms with Crippen molar-refractivity contribution in [1.82, 2.24) is 5.32 Å². The number of halogens is 1. The van der Waals surface area contributed by atoms with Crippen molar-refractivity contribution in [3.8, 4) is 5.75 Å². The lowest BCUT2D eigenvalue weighted by Crippen LogP contribution is -2.30. The third-order valence-corrected chi connectivity index (χ3v) is 3.77. The third kappa shape index (κ3) is 3.74. The first-order chi connectivity index (χ1) is 9.58. The van der Waals surface area contributed by atoms with Crippen molar-refractivity contribution in [2.45, 2.75) is 12.8 Å². The van der Waals surface area contributed by atoms with Crippen molar-refractivity contribution in [3.05, 3.63) is 34.9 Å². The summed E-state index contributed by atoms with van der Waals surface area (Å²) in [6, 6.07) is 5.22. The Kier molecular flexibility index (Phi) is 4.68. The van der Waals surface area contributed by atoms with Gasteiger partial charge < -0.3 is 15.2 Å². The highest BCUT2D eigenvalue weighted by Gasteiger charge is 2.41. The zero-order chi connectivity index (χ0) is 14.6. The molecule has 1 amide bonds. The molecule has 0 radical (unpaired) electrons. The number of ether oxygens (including phenoxy) is 1. The largest absolute Gasteiger partial charge is 0.496 e. The molecule has 0 heterocycles. The van der Waals surface area contributed by atoms with Gasteiger partial charge in [-0.05, 0) is 37.1 Å². The van der Waals surface area contributed by atoms with Crippen molar-refractivity contribution in [3.63, 3.8) is 0 Å². The van der Waals surface area contributed by atoms with E-state index < -0.39 is 0 Å². The molecule has 1 aromatic carbocycles. The lowest BCUT2D eigenvalue weighted by molar-refractivity contribution is -0.116. The maximum absolute atomic E-state index is 11.7. The van der Waals surface area contributed by atoms with E-state index in [9.17, 15) is 9.90 Å². The zero-order valence-corrected chi connectivity index (χ0v) is 12.1. The molecule has 2 rings (SSSR count). The molecule has 4 nitrogen and oxygen atoms in total. The maximum Gasteiger partial charge on any atom is 0.244 e. The Morgan fingerprint density at radius 2 is 2.30 bits per heavy atom. The first-order valence-electron chi connectivity index (χ1n) is 6.49. The smallest absolute Gasteiger partial charge is 0.244 e. The molecule has 1 aliphatic carbocycles. The number of nitrogens with one attached hydrogen (secondary N) is 1. The van der Waals surface area contributed by atoms with E-state index in [0.29, 0.717) is 17.3 Å². The zero-order valence-electron chi connectivity index (χ0n) is 11.4. The molecule has 1 aliphatic rings. The predicted octanol–water partition coefficient (Wildman–Crippen LogP) is 2.25. The second-order valence-electron chi connectivity index (χ2n) is 5.10. The molecule has 2 N–H and O–H groups in total. The lowest BCUT2D eigenvalue weighted by atomic mass is 10.1. The summed E-state index contributed by atoms with van der Waals surface area (Å²) < 4.78 is 5.20. The van der Waals surface area contributed by atoms with Crippen LogP contribution >= 0.6 is 11.6 Å². The Labute approximate surface area is 123 Å². The number of methoxy groups -OCH3 is 1. The molecule has 0 aliphatic heterocycles. The predicted molar refractivity (Wildman–Crippen MR) is 78.8 cm³/mol. The molecule has 0 spiro atoms. The number of rotatable bonds is 6. The summed E-state index contributed by atoms with van der Waals surface area (Å²) in [7, 11) is 1.57. The monoisotopic (exact) mass is 295 g/mol. The van der Waals surface area contributed by atoms with Crippen molar-refractivity contribution < 1.29 is 14.6 Å². The van der Waals surface area contributed by atoms with E-state index in [0.717, 1.165) is 18.4 Å². The van der Waals surface area contributed by atoms with Gasteiger partial charge in [-0.3, -0.25) is 4.79 Å². The fourth-order valence-corrected chi connectivity index (χ4v) is 2.08. The summed E-state index contributed by atoms with van der Waals surface area (Å²) in [4.78, 5) is 11.7. The van der Waals surface area contributed by atoms with Gasteiger partial charge in [-0.2, -0.15) is 0 Å². The summed E-state index contributed by atoms with van der Waals surface area (Å²) in [6.07, 6.45) is 5.05. The van der Waals surface area contributed by atoms with Gasteiger partial charge in [0.05, 0.1) is 13.7 Å². The van der Waals surface area contributed by atoms with Crippen LogP contribution < -0.4 is 10.1 Å². The van der Waals surface area contributed by atoms with Crippen LogP contribution in [0.2, 0.25) is 5.02 Å². The standard InChI is InChI=1S/C15H18ClNO3/c1-20-13-4-3-12(16)8-11(13)2-5-14(19)17-9-15(10-18)6-7-15/h2-5,8,18H,6-7,9-10H2,1H3,(H,17,19)/b5-2+. The topological polar surface area (TPSA) is 58.6 Å². The molecule has 1 fully saturated rings. The first-order valence-corrected chi connectivity index (χ1v) is 6.87. The molecule has 1 saturated carbocycles. The molecular weight excluding hydrogens is 278 g/mol. The lowest BCUT2D eigenvalue weighted by Gasteiger charge is -2.11. The van der Waals surface area contributed by atoms with Crippen LogP contribution in [0.15, 0.2) is 24.3 Å². The van der Waals surface area contributed by atoms with E-state index in [1.54, 1.807) is 31.4 Å². The van der Waals surface area contributed by atoms with Gasteiger partial charge in [-0.25, -0.2) is 0 Å². The van der Waals surface area contributed by atoms with Crippen LogP contribution in [0.3, 0.4) is 0 Å². The number of carbonyl (C=O) groups excluding carboxylic acids is 1. The van der Waals surface area contributed by atoms with Crippen molar-refractivity contribution in [1.29, 1.82) is 0 Å². The minimum atomic E-state index is -0.188. The highest BCUT2D eigenvalue weighted by molar-refractivity contribution is 6.30. The van der Waals surface area contributed by atoms with E-state index in [4.69, 9.17) is 16.3 Å². The SMILES string of the molecule is COc1ccc(Cl)cc1/C=C/C(=O)NCC1(CO)CC1. The number of hydrogen-bond donors (Lipinski definition) is 2. The third-order valence-electron chi connectivity index (χ3n) is 3.54. The fraction of sp³-hybridized carbons (Fsp3) is 0.400. The second-order valence-corrected chi connectivity index (χ2v) is 5.53. The van der Waals surface area contributed by atoms with Crippen LogP contribution in [0.5, 0.6) is 5.75 Å². The molecule has 0 saturated heterocycles. The summed E-state index contributed by atoms with van der Waals surface area (Å²) in [5.74, 6) is 0.472. The van der Waals surface area contributed by atoms with Gasteiger partial charge in [0.25, 0.3) is 0 Å². The summed E-state index contributed by atoms with van der Waals surface area (Å²) in [5.41, 5.74) is 0.662. The first kappa shape index (κ1) is 14.9. The molecule has 1 aromatic rings. The summed E-state index contributed by atoms with van der Waals surface area (Å²) in [5, 5.41) is 12.6. The van der Waals surface area contributed by atoms with Gasteiger partial charge in [0.2, 0.25) is 5.91 Å².